The Labute approximate surface area is 164 Å². The lowest BCUT2D eigenvalue weighted by Crippen LogP contribution is -2.43. The van der Waals surface area contributed by atoms with Gasteiger partial charge in [0.15, 0.2) is 5.13 Å². The Morgan fingerprint density at radius 2 is 1.93 bits per heavy atom. The zero-order chi connectivity index (χ0) is 20.2. The minimum Gasteiger partial charge on any atom is -0.494 e. The average molecular weight is 415 g/mol. The Morgan fingerprint density at radius 1 is 1.22 bits per heavy atom. The molecule has 0 aliphatic rings. The van der Waals surface area contributed by atoms with E-state index in [2.05, 4.69) is 4.98 Å². The van der Waals surface area contributed by atoms with E-state index in [4.69, 9.17) is 4.74 Å². The molecule has 0 saturated heterocycles. The molecule has 2 aromatic rings. The van der Waals surface area contributed by atoms with Crippen LogP contribution >= 0.6 is 11.3 Å². The summed E-state index contributed by atoms with van der Waals surface area (Å²) in [4.78, 5) is 20.9. The molecule has 1 aromatic carbocycles. The van der Waals surface area contributed by atoms with Gasteiger partial charge in [-0.05, 0) is 39.2 Å². The van der Waals surface area contributed by atoms with Crippen LogP contribution in [0.2, 0.25) is 0 Å². The van der Waals surface area contributed by atoms with Crippen molar-refractivity contribution in [2.45, 2.75) is 6.92 Å². The fourth-order valence-electron chi connectivity index (χ4n) is 2.28. The minimum absolute atomic E-state index is 0.230. The van der Waals surface area contributed by atoms with Gasteiger partial charge in [0.25, 0.3) is 0 Å². The van der Waals surface area contributed by atoms with Crippen molar-refractivity contribution in [3.05, 3.63) is 18.2 Å². The van der Waals surface area contributed by atoms with E-state index in [-0.39, 0.29) is 12.5 Å². The number of rotatable bonds is 9. The van der Waals surface area contributed by atoms with Gasteiger partial charge in [0.2, 0.25) is 15.9 Å². The molecule has 0 unspecified atom stereocenters. The number of ether oxygens (including phenoxy) is 1. The van der Waals surface area contributed by atoms with Gasteiger partial charge in [0.1, 0.15) is 5.75 Å². The number of benzene rings is 1. The first-order valence-electron chi connectivity index (χ1n) is 8.51. The maximum Gasteiger partial charge on any atom is 0.244 e. The average Bonchev–Trinajstić information content (AvgIpc) is 2.97. The van der Waals surface area contributed by atoms with E-state index in [9.17, 15) is 13.2 Å². The van der Waals surface area contributed by atoms with Crippen molar-refractivity contribution in [2.24, 2.45) is 0 Å². The number of hydrogen-bond donors (Lipinski definition) is 0. The van der Waals surface area contributed by atoms with Gasteiger partial charge < -0.3 is 9.64 Å². The van der Waals surface area contributed by atoms with Gasteiger partial charge in [-0.1, -0.05) is 11.3 Å². The lowest BCUT2D eigenvalue weighted by molar-refractivity contribution is -0.118. The second-order valence-corrected chi connectivity index (χ2v) is 9.53. The van der Waals surface area contributed by atoms with Gasteiger partial charge in [-0.3, -0.25) is 9.69 Å². The summed E-state index contributed by atoms with van der Waals surface area (Å²) in [6.45, 7) is 3.31. The first-order chi connectivity index (χ1) is 12.6. The van der Waals surface area contributed by atoms with E-state index in [0.29, 0.717) is 24.8 Å². The molecule has 1 heterocycles. The standard InChI is InChI=1S/C17H26N4O4S2/c1-6-25-13-7-8-14-15(11-13)26-17(18-14)21(10-9-19(2)3)16(22)12-20(4)27(5,23)24/h7-8,11H,6,9-10,12H2,1-5H3. The van der Waals surface area contributed by atoms with Crippen molar-refractivity contribution in [1.82, 2.24) is 14.2 Å². The van der Waals surface area contributed by atoms with E-state index in [1.807, 2.05) is 44.1 Å². The molecule has 8 nitrogen and oxygen atoms in total. The van der Waals surface area contributed by atoms with Crippen LogP contribution in [-0.4, -0.2) is 82.2 Å². The van der Waals surface area contributed by atoms with Gasteiger partial charge in [-0.2, -0.15) is 4.31 Å². The SMILES string of the molecule is CCOc1ccc2nc(N(CCN(C)C)C(=O)CN(C)S(C)(=O)=O)sc2c1. The number of aromatic nitrogens is 1. The van der Waals surface area contributed by atoms with Crippen LogP contribution in [0.3, 0.4) is 0 Å². The fourth-order valence-corrected chi connectivity index (χ4v) is 3.67. The van der Waals surface area contributed by atoms with Crippen molar-refractivity contribution in [3.8, 4) is 5.75 Å². The van der Waals surface area contributed by atoms with Crippen molar-refractivity contribution in [1.29, 1.82) is 0 Å². The Kier molecular flexibility index (Phi) is 7.15. The van der Waals surface area contributed by atoms with Crippen LogP contribution in [0.5, 0.6) is 5.75 Å². The normalized spacial score (nSPS) is 12.1. The Hall–Kier alpha value is -1.75. The highest BCUT2D eigenvalue weighted by atomic mass is 32.2. The van der Waals surface area contributed by atoms with Crippen LogP contribution in [-0.2, 0) is 14.8 Å². The molecule has 0 aliphatic heterocycles. The molecule has 150 valence electrons. The number of anilines is 1. The summed E-state index contributed by atoms with van der Waals surface area (Å²) in [7, 11) is 1.78. The predicted octanol–water partition coefficient (Wildman–Crippen LogP) is 1.48. The Bertz CT molecular complexity index is 895. The highest BCUT2D eigenvalue weighted by molar-refractivity contribution is 7.88. The third-order valence-corrected chi connectivity index (χ3v) is 6.19. The summed E-state index contributed by atoms with van der Waals surface area (Å²) < 4.78 is 30.8. The van der Waals surface area contributed by atoms with Crippen LogP contribution in [0, 0.1) is 0 Å². The van der Waals surface area contributed by atoms with E-state index in [0.717, 1.165) is 26.5 Å². The molecule has 0 spiro atoms. The lowest BCUT2D eigenvalue weighted by atomic mass is 10.3. The highest BCUT2D eigenvalue weighted by Crippen LogP contribution is 2.31. The molecular formula is C17H26N4O4S2. The van der Waals surface area contributed by atoms with Crippen LogP contribution in [0.4, 0.5) is 5.13 Å². The number of thiazole rings is 1. The quantitative estimate of drug-likeness (QED) is 0.618. The number of sulfonamides is 1. The van der Waals surface area contributed by atoms with Gasteiger partial charge in [0.05, 0.1) is 29.6 Å². The molecule has 10 heteroatoms. The summed E-state index contributed by atoms with van der Waals surface area (Å²) in [5.41, 5.74) is 0.776. The van der Waals surface area contributed by atoms with Gasteiger partial charge >= 0.3 is 0 Å². The van der Waals surface area contributed by atoms with Crippen molar-refractivity contribution >= 4 is 42.6 Å². The molecule has 0 bridgehead atoms. The first-order valence-corrected chi connectivity index (χ1v) is 11.2. The van der Waals surface area contributed by atoms with Crippen molar-refractivity contribution < 1.29 is 17.9 Å². The fraction of sp³-hybridized carbons (Fsp3) is 0.529. The number of carbonyl (C=O) groups excluding carboxylic acids is 1. The van der Waals surface area contributed by atoms with Gasteiger partial charge in [-0.25, -0.2) is 13.4 Å². The first kappa shape index (κ1) is 21.5. The summed E-state index contributed by atoms with van der Waals surface area (Å²) in [6, 6.07) is 5.60. The number of amides is 1. The minimum atomic E-state index is -3.44. The summed E-state index contributed by atoms with van der Waals surface area (Å²) >= 11 is 1.39. The molecule has 0 atom stereocenters. The van der Waals surface area contributed by atoms with Crippen LogP contribution in [0.25, 0.3) is 10.2 Å². The summed E-state index contributed by atoms with van der Waals surface area (Å²) in [5.74, 6) is 0.442. The zero-order valence-electron chi connectivity index (χ0n) is 16.3. The van der Waals surface area contributed by atoms with Crippen LogP contribution < -0.4 is 9.64 Å². The molecule has 1 aromatic heterocycles. The highest BCUT2D eigenvalue weighted by Gasteiger charge is 2.24. The van der Waals surface area contributed by atoms with Gasteiger partial charge in [0, 0.05) is 20.1 Å². The second kappa shape index (κ2) is 8.96. The molecule has 0 aliphatic carbocycles. The third-order valence-electron chi connectivity index (χ3n) is 3.89. The molecule has 0 radical (unpaired) electrons. The number of carbonyl (C=O) groups is 1. The molecule has 0 N–H and O–H groups in total. The van der Waals surface area contributed by atoms with E-state index in [1.54, 1.807) is 4.90 Å². The largest absolute Gasteiger partial charge is 0.494 e. The molecule has 2 rings (SSSR count). The van der Waals surface area contributed by atoms with Crippen LogP contribution in [0.15, 0.2) is 18.2 Å². The predicted molar refractivity (Wildman–Crippen MR) is 109 cm³/mol. The Morgan fingerprint density at radius 3 is 2.52 bits per heavy atom. The molecule has 0 fully saturated rings. The monoisotopic (exact) mass is 414 g/mol. The Balaban J connectivity index is 2.32. The number of likely N-dealkylation sites (N-methyl/N-ethyl adjacent to an activating group) is 2. The van der Waals surface area contributed by atoms with Crippen LogP contribution in [0.1, 0.15) is 6.92 Å². The maximum atomic E-state index is 12.8. The maximum absolute atomic E-state index is 12.8. The second-order valence-electron chi connectivity index (χ2n) is 6.43. The summed E-state index contributed by atoms with van der Waals surface area (Å²) in [5, 5.41) is 0.549. The topological polar surface area (TPSA) is 83.1 Å². The van der Waals surface area contributed by atoms with E-state index >= 15 is 0 Å². The van der Waals surface area contributed by atoms with E-state index in [1.165, 1.54) is 18.4 Å². The summed E-state index contributed by atoms with van der Waals surface area (Å²) in [6.07, 6.45) is 1.08. The molecule has 0 saturated carbocycles. The smallest absolute Gasteiger partial charge is 0.244 e. The molecule has 1 amide bonds. The van der Waals surface area contributed by atoms with Gasteiger partial charge in [-0.15, -0.1) is 0 Å². The van der Waals surface area contributed by atoms with E-state index < -0.39 is 10.0 Å². The lowest BCUT2D eigenvalue weighted by Gasteiger charge is -2.24. The number of fused-ring (bicyclic) bond motifs is 1. The molecular weight excluding hydrogens is 388 g/mol. The zero-order valence-corrected chi connectivity index (χ0v) is 17.9. The number of hydrogen-bond acceptors (Lipinski definition) is 7. The molecule has 27 heavy (non-hydrogen) atoms. The third kappa shape index (κ3) is 5.86. The van der Waals surface area contributed by atoms with Crippen molar-refractivity contribution in [2.75, 3.05) is 58.5 Å². The van der Waals surface area contributed by atoms with Crippen molar-refractivity contribution in [3.63, 3.8) is 0 Å². The number of nitrogens with zero attached hydrogens (tertiary/aromatic N) is 4.